The van der Waals surface area contributed by atoms with E-state index in [1.165, 1.54) is 6.21 Å². The lowest BCUT2D eigenvalue weighted by Gasteiger charge is -2.27. The van der Waals surface area contributed by atoms with Gasteiger partial charge in [0.1, 0.15) is 0 Å². The van der Waals surface area contributed by atoms with Gasteiger partial charge in [-0.15, -0.1) is 0 Å². The summed E-state index contributed by atoms with van der Waals surface area (Å²) in [6.07, 6.45) is 1.53. The van der Waals surface area contributed by atoms with Crippen LogP contribution in [0.5, 0.6) is 0 Å². The van der Waals surface area contributed by atoms with Crippen molar-refractivity contribution in [3.05, 3.63) is 64.1 Å². The van der Waals surface area contributed by atoms with Crippen LogP contribution in [0.4, 0.5) is 23.5 Å². The fourth-order valence-electron chi connectivity index (χ4n) is 2.81. The van der Waals surface area contributed by atoms with Crippen LogP contribution in [0.25, 0.3) is 0 Å². The Balaban J connectivity index is 1.59. The summed E-state index contributed by atoms with van der Waals surface area (Å²) in [5, 5.41) is 8.40. The number of hydrazone groups is 1. The normalized spacial score (nSPS) is 14.1. The molecule has 0 aliphatic carbocycles. The topological polar surface area (TPSA) is 87.6 Å². The van der Waals surface area contributed by atoms with Gasteiger partial charge in [-0.05, 0) is 24.3 Å². The van der Waals surface area contributed by atoms with Gasteiger partial charge in [0.25, 0.3) is 0 Å². The van der Waals surface area contributed by atoms with Gasteiger partial charge in [0, 0.05) is 24.3 Å². The number of hydrogen-bond acceptors (Lipinski definition) is 8. The van der Waals surface area contributed by atoms with Crippen molar-refractivity contribution in [1.29, 1.82) is 0 Å². The first-order valence-electron chi connectivity index (χ1n) is 9.33. The smallest absolute Gasteiger partial charge is 0.250 e. The van der Waals surface area contributed by atoms with Crippen molar-refractivity contribution in [2.75, 3.05) is 41.9 Å². The predicted molar refractivity (Wildman–Crippen MR) is 120 cm³/mol. The molecule has 4 rings (SSSR count). The number of ether oxygens (including phenoxy) is 1. The van der Waals surface area contributed by atoms with E-state index >= 15 is 0 Å². The lowest BCUT2D eigenvalue weighted by Crippen LogP contribution is -2.37. The molecule has 3 aromatic rings. The minimum atomic E-state index is 0.296. The van der Waals surface area contributed by atoms with Crippen molar-refractivity contribution < 1.29 is 4.74 Å². The third-order valence-corrected chi connectivity index (χ3v) is 4.96. The zero-order valence-corrected chi connectivity index (χ0v) is 17.4. The molecule has 1 aliphatic rings. The molecule has 2 heterocycles. The number of para-hydroxylation sites is 1. The van der Waals surface area contributed by atoms with Gasteiger partial charge < -0.3 is 15.0 Å². The molecule has 1 saturated heterocycles. The molecule has 30 heavy (non-hydrogen) atoms. The number of anilines is 4. The first kappa shape index (κ1) is 20.3. The molecule has 8 nitrogen and oxygen atoms in total. The fraction of sp³-hybridized carbons (Fsp3) is 0.200. The van der Waals surface area contributed by atoms with Crippen LogP contribution < -0.4 is 15.6 Å². The third kappa shape index (κ3) is 5.15. The van der Waals surface area contributed by atoms with Gasteiger partial charge in [-0.25, -0.2) is 5.43 Å². The Morgan fingerprint density at radius 1 is 0.900 bits per heavy atom. The third-order valence-electron chi connectivity index (χ3n) is 4.31. The van der Waals surface area contributed by atoms with Crippen LogP contribution in [-0.4, -0.2) is 47.5 Å². The maximum atomic E-state index is 6.18. The monoisotopic (exact) mass is 443 g/mol. The van der Waals surface area contributed by atoms with Crippen LogP contribution in [-0.2, 0) is 4.74 Å². The van der Waals surface area contributed by atoms with E-state index in [2.05, 4.69) is 30.8 Å². The Morgan fingerprint density at radius 2 is 1.60 bits per heavy atom. The fourth-order valence-corrected chi connectivity index (χ4v) is 3.31. The highest BCUT2D eigenvalue weighted by atomic mass is 35.5. The molecule has 0 spiro atoms. The Labute approximate surface area is 183 Å². The summed E-state index contributed by atoms with van der Waals surface area (Å²) in [6.45, 7) is 2.65. The van der Waals surface area contributed by atoms with Crippen LogP contribution in [0.3, 0.4) is 0 Å². The summed E-state index contributed by atoms with van der Waals surface area (Å²) in [5.41, 5.74) is 4.32. The van der Waals surface area contributed by atoms with Crippen LogP contribution >= 0.6 is 23.2 Å². The Bertz CT molecular complexity index is 1010. The second kappa shape index (κ2) is 9.71. The molecule has 1 aromatic heterocycles. The minimum absolute atomic E-state index is 0.296. The van der Waals surface area contributed by atoms with E-state index in [-0.39, 0.29) is 0 Å². The molecule has 0 unspecified atom stereocenters. The van der Waals surface area contributed by atoms with Gasteiger partial charge in [-0.1, -0.05) is 47.5 Å². The Hall–Kier alpha value is -2.94. The molecule has 0 atom stereocenters. The Morgan fingerprint density at radius 3 is 2.33 bits per heavy atom. The van der Waals surface area contributed by atoms with E-state index < -0.39 is 0 Å². The van der Waals surface area contributed by atoms with Crippen molar-refractivity contribution in [1.82, 2.24) is 15.0 Å². The molecule has 0 amide bonds. The van der Waals surface area contributed by atoms with Crippen molar-refractivity contribution in [3.63, 3.8) is 0 Å². The van der Waals surface area contributed by atoms with E-state index in [1.807, 2.05) is 35.2 Å². The number of aromatic nitrogens is 3. The van der Waals surface area contributed by atoms with Gasteiger partial charge in [0.2, 0.25) is 17.8 Å². The molecular weight excluding hydrogens is 425 g/mol. The standard InChI is InChI=1S/C20H19Cl2N7O/c21-16-7-4-8-17(22)15(16)13-23-28-19-25-18(24-14-5-2-1-3-6-14)26-20(27-19)29-9-11-30-12-10-29/h1-8,13H,9-12H2,(H2,24,25,26,27,28)/b23-13+. The zero-order valence-electron chi connectivity index (χ0n) is 15.9. The molecule has 0 saturated carbocycles. The second-order valence-corrected chi connectivity index (χ2v) is 7.19. The van der Waals surface area contributed by atoms with Gasteiger partial charge in [-0.2, -0.15) is 20.1 Å². The second-order valence-electron chi connectivity index (χ2n) is 6.38. The molecule has 2 N–H and O–H groups in total. The SMILES string of the molecule is Clc1cccc(Cl)c1/C=N/Nc1nc(Nc2ccccc2)nc(N2CCOCC2)n1. The first-order valence-corrected chi connectivity index (χ1v) is 10.1. The number of hydrogen-bond donors (Lipinski definition) is 2. The molecule has 154 valence electrons. The maximum absolute atomic E-state index is 6.18. The van der Waals surface area contributed by atoms with Crippen molar-refractivity contribution in [2.45, 2.75) is 0 Å². The molecule has 2 aromatic carbocycles. The van der Waals surface area contributed by atoms with Gasteiger partial charge in [0.15, 0.2) is 0 Å². The highest BCUT2D eigenvalue weighted by Crippen LogP contribution is 2.22. The highest BCUT2D eigenvalue weighted by molar-refractivity contribution is 6.38. The number of morpholine rings is 1. The Kier molecular flexibility index (Phi) is 6.58. The number of halogens is 2. The van der Waals surface area contributed by atoms with E-state index in [4.69, 9.17) is 27.9 Å². The quantitative estimate of drug-likeness (QED) is 0.435. The largest absolute Gasteiger partial charge is 0.378 e. The van der Waals surface area contributed by atoms with Crippen molar-refractivity contribution in [3.8, 4) is 0 Å². The summed E-state index contributed by atoms with van der Waals surface area (Å²) < 4.78 is 5.42. The highest BCUT2D eigenvalue weighted by Gasteiger charge is 2.16. The predicted octanol–water partition coefficient (Wildman–Crippen LogP) is 4.20. The van der Waals surface area contributed by atoms with E-state index in [0.717, 1.165) is 5.69 Å². The number of nitrogens with one attached hydrogen (secondary N) is 2. The maximum Gasteiger partial charge on any atom is 0.250 e. The number of nitrogens with zero attached hydrogens (tertiary/aromatic N) is 5. The average Bonchev–Trinajstić information content (AvgIpc) is 2.77. The first-order chi connectivity index (χ1) is 14.7. The lowest BCUT2D eigenvalue weighted by molar-refractivity contribution is 0.122. The number of rotatable bonds is 6. The molecule has 1 aliphatic heterocycles. The summed E-state index contributed by atoms with van der Waals surface area (Å²) in [5.74, 6) is 1.25. The minimum Gasteiger partial charge on any atom is -0.378 e. The van der Waals surface area contributed by atoms with E-state index in [0.29, 0.717) is 59.8 Å². The summed E-state index contributed by atoms with van der Waals surface area (Å²) >= 11 is 12.4. The average molecular weight is 444 g/mol. The van der Waals surface area contributed by atoms with E-state index in [9.17, 15) is 0 Å². The molecule has 10 heteroatoms. The molecule has 0 bridgehead atoms. The van der Waals surface area contributed by atoms with Gasteiger partial charge in [-0.3, -0.25) is 0 Å². The summed E-state index contributed by atoms with van der Waals surface area (Å²) in [6, 6.07) is 14.9. The van der Waals surface area contributed by atoms with Crippen molar-refractivity contribution >= 4 is 52.9 Å². The molecular formula is C20H19Cl2N7O. The van der Waals surface area contributed by atoms with Crippen LogP contribution in [0.2, 0.25) is 10.0 Å². The summed E-state index contributed by atoms with van der Waals surface area (Å²) in [4.78, 5) is 15.5. The number of benzene rings is 2. The lowest BCUT2D eigenvalue weighted by atomic mass is 10.2. The molecule has 1 fully saturated rings. The van der Waals surface area contributed by atoms with Crippen molar-refractivity contribution in [2.24, 2.45) is 5.10 Å². The van der Waals surface area contributed by atoms with E-state index in [1.54, 1.807) is 18.2 Å². The van der Waals surface area contributed by atoms with Crippen LogP contribution in [0, 0.1) is 0 Å². The van der Waals surface area contributed by atoms with Crippen LogP contribution in [0.15, 0.2) is 53.6 Å². The summed E-state index contributed by atoms with van der Waals surface area (Å²) in [7, 11) is 0. The van der Waals surface area contributed by atoms with Crippen LogP contribution in [0.1, 0.15) is 5.56 Å². The van der Waals surface area contributed by atoms with Gasteiger partial charge >= 0.3 is 0 Å². The molecule has 0 radical (unpaired) electrons. The zero-order chi connectivity index (χ0) is 20.8. The van der Waals surface area contributed by atoms with Gasteiger partial charge in [0.05, 0.1) is 29.5 Å².